The lowest BCUT2D eigenvalue weighted by atomic mass is 10.1. The van der Waals surface area contributed by atoms with Crippen LogP contribution in [0.2, 0.25) is 5.02 Å². The molecule has 146 valence electrons. The molecule has 0 saturated heterocycles. The molecule has 1 aromatic heterocycles. The number of hydrogen-bond donors (Lipinski definition) is 1. The number of benzene rings is 2. The average molecular weight is 402 g/mol. The normalized spacial score (nSPS) is 10.7. The van der Waals surface area contributed by atoms with Crippen molar-refractivity contribution in [3.63, 3.8) is 0 Å². The van der Waals surface area contributed by atoms with E-state index in [1.165, 1.54) is 12.1 Å². The Morgan fingerprint density at radius 2 is 1.96 bits per heavy atom. The molecule has 0 unspecified atom stereocenters. The lowest BCUT2D eigenvalue weighted by Gasteiger charge is -2.08. The van der Waals surface area contributed by atoms with Crippen molar-refractivity contribution >= 4 is 17.5 Å². The Hall–Kier alpha value is -2.86. The predicted molar refractivity (Wildman–Crippen MR) is 107 cm³/mol. The Morgan fingerprint density at radius 3 is 2.68 bits per heavy atom. The van der Waals surface area contributed by atoms with Crippen LogP contribution in [0.4, 0.5) is 4.39 Å². The first kappa shape index (κ1) is 19.9. The van der Waals surface area contributed by atoms with Gasteiger partial charge >= 0.3 is 0 Å². The SMILES string of the molecule is Cc1nn(-c2ccc(Cl)cc2)c(C)c1CC(=O)NCCOc1cccc(F)c1. The van der Waals surface area contributed by atoms with Gasteiger partial charge in [0.25, 0.3) is 0 Å². The van der Waals surface area contributed by atoms with Crippen LogP contribution >= 0.6 is 11.6 Å². The molecule has 1 N–H and O–H groups in total. The summed E-state index contributed by atoms with van der Waals surface area (Å²) in [5.41, 5.74) is 3.49. The second kappa shape index (κ2) is 8.89. The molecule has 0 aliphatic heterocycles. The lowest BCUT2D eigenvalue weighted by Crippen LogP contribution is -2.29. The Kier molecular flexibility index (Phi) is 6.31. The molecule has 2 aromatic carbocycles. The lowest BCUT2D eigenvalue weighted by molar-refractivity contribution is -0.120. The van der Waals surface area contributed by atoms with Crippen LogP contribution in [0, 0.1) is 19.7 Å². The van der Waals surface area contributed by atoms with Crippen LogP contribution in [0.25, 0.3) is 5.69 Å². The quantitative estimate of drug-likeness (QED) is 0.608. The van der Waals surface area contributed by atoms with E-state index in [2.05, 4.69) is 10.4 Å². The van der Waals surface area contributed by atoms with E-state index in [9.17, 15) is 9.18 Å². The maximum Gasteiger partial charge on any atom is 0.224 e. The van der Waals surface area contributed by atoms with Crippen LogP contribution < -0.4 is 10.1 Å². The molecule has 5 nitrogen and oxygen atoms in total. The first-order valence-electron chi connectivity index (χ1n) is 8.90. The van der Waals surface area contributed by atoms with Crippen LogP contribution in [-0.4, -0.2) is 28.8 Å². The van der Waals surface area contributed by atoms with E-state index in [4.69, 9.17) is 16.3 Å². The molecule has 0 aliphatic carbocycles. The highest BCUT2D eigenvalue weighted by atomic mass is 35.5. The number of hydrogen-bond acceptors (Lipinski definition) is 3. The zero-order chi connectivity index (χ0) is 20.1. The largest absolute Gasteiger partial charge is 0.492 e. The van der Waals surface area contributed by atoms with Gasteiger partial charge in [0, 0.05) is 22.3 Å². The standard InChI is InChI=1S/C21H21ClFN3O2/c1-14-20(15(2)26(25-14)18-8-6-16(22)7-9-18)13-21(27)24-10-11-28-19-5-3-4-17(23)12-19/h3-9,12H,10-11,13H2,1-2H3,(H,24,27). The minimum Gasteiger partial charge on any atom is -0.492 e. The van der Waals surface area contributed by atoms with Crippen LogP contribution in [-0.2, 0) is 11.2 Å². The molecular weight excluding hydrogens is 381 g/mol. The van der Waals surface area contributed by atoms with Gasteiger partial charge in [-0.2, -0.15) is 5.10 Å². The molecule has 1 amide bonds. The highest BCUT2D eigenvalue weighted by Crippen LogP contribution is 2.20. The number of halogens is 2. The maximum atomic E-state index is 13.1. The summed E-state index contributed by atoms with van der Waals surface area (Å²) < 4.78 is 20.3. The van der Waals surface area contributed by atoms with E-state index >= 15 is 0 Å². The number of aryl methyl sites for hydroxylation is 1. The van der Waals surface area contributed by atoms with E-state index in [0.717, 1.165) is 22.6 Å². The van der Waals surface area contributed by atoms with Crippen molar-refractivity contribution in [2.75, 3.05) is 13.2 Å². The summed E-state index contributed by atoms with van der Waals surface area (Å²) in [5.74, 6) is -0.0416. The van der Waals surface area contributed by atoms with Crippen molar-refractivity contribution < 1.29 is 13.9 Å². The third kappa shape index (κ3) is 4.89. The molecule has 1 heterocycles. The van der Waals surface area contributed by atoms with Gasteiger partial charge in [0.05, 0.1) is 24.3 Å². The molecule has 0 atom stereocenters. The van der Waals surface area contributed by atoms with Gasteiger partial charge in [-0.25, -0.2) is 9.07 Å². The second-order valence-electron chi connectivity index (χ2n) is 6.37. The summed E-state index contributed by atoms with van der Waals surface area (Å²) >= 11 is 5.94. The minimum atomic E-state index is -0.356. The van der Waals surface area contributed by atoms with Crippen molar-refractivity contribution in [2.24, 2.45) is 0 Å². The van der Waals surface area contributed by atoms with E-state index in [1.807, 2.05) is 26.0 Å². The van der Waals surface area contributed by atoms with Gasteiger partial charge in [-0.15, -0.1) is 0 Å². The van der Waals surface area contributed by atoms with Gasteiger partial charge in [0.15, 0.2) is 0 Å². The van der Waals surface area contributed by atoms with Crippen molar-refractivity contribution in [3.8, 4) is 11.4 Å². The average Bonchev–Trinajstić information content (AvgIpc) is 2.94. The van der Waals surface area contributed by atoms with Gasteiger partial charge < -0.3 is 10.1 Å². The molecule has 28 heavy (non-hydrogen) atoms. The number of aromatic nitrogens is 2. The Morgan fingerprint density at radius 1 is 1.21 bits per heavy atom. The fourth-order valence-corrected chi connectivity index (χ4v) is 3.03. The highest BCUT2D eigenvalue weighted by Gasteiger charge is 2.15. The summed E-state index contributed by atoms with van der Waals surface area (Å²) in [6.45, 7) is 4.41. The summed E-state index contributed by atoms with van der Waals surface area (Å²) in [4.78, 5) is 12.3. The fourth-order valence-electron chi connectivity index (χ4n) is 2.90. The van der Waals surface area contributed by atoms with Crippen molar-refractivity contribution in [1.29, 1.82) is 0 Å². The fraction of sp³-hybridized carbons (Fsp3) is 0.238. The van der Waals surface area contributed by atoms with Crippen LogP contribution in [0.1, 0.15) is 17.0 Å². The number of carbonyl (C=O) groups is 1. The maximum absolute atomic E-state index is 13.1. The van der Waals surface area contributed by atoms with Crippen LogP contribution in [0.3, 0.4) is 0 Å². The number of rotatable bonds is 7. The summed E-state index contributed by atoms with van der Waals surface area (Å²) in [7, 11) is 0. The third-order valence-electron chi connectivity index (χ3n) is 4.34. The number of ether oxygens (including phenoxy) is 1. The summed E-state index contributed by atoms with van der Waals surface area (Å²) in [6, 6.07) is 13.3. The van der Waals surface area contributed by atoms with Crippen molar-refractivity contribution in [2.45, 2.75) is 20.3 Å². The van der Waals surface area contributed by atoms with Gasteiger partial charge in [-0.05, 0) is 50.2 Å². The Labute approximate surface area is 168 Å². The van der Waals surface area contributed by atoms with E-state index in [-0.39, 0.29) is 24.8 Å². The van der Waals surface area contributed by atoms with Gasteiger partial charge in [-0.1, -0.05) is 17.7 Å². The Balaban J connectivity index is 1.56. The molecule has 3 rings (SSSR count). The molecule has 3 aromatic rings. The number of nitrogens with zero attached hydrogens (tertiary/aromatic N) is 2. The molecule has 0 radical (unpaired) electrons. The van der Waals surface area contributed by atoms with Gasteiger partial charge in [0.1, 0.15) is 18.2 Å². The first-order valence-corrected chi connectivity index (χ1v) is 9.28. The molecule has 0 bridgehead atoms. The first-order chi connectivity index (χ1) is 13.4. The number of carbonyl (C=O) groups excluding carboxylic acids is 1. The number of nitrogens with one attached hydrogen (secondary N) is 1. The topological polar surface area (TPSA) is 56.2 Å². The van der Waals surface area contributed by atoms with E-state index < -0.39 is 0 Å². The summed E-state index contributed by atoms with van der Waals surface area (Å²) in [5, 5.41) is 8.01. The van der Waals surface area contributed by atoms with E-state index in [0.29, 0.717) is 17.3 Å². The Bertz CT molecular complexity index is 970. The summed E-state index contributed by atoms with van der Waals surface area (Å²) in [6.07, 6.45) is 0.227. The zero-order valence-electron chi connectivity index (χ0n) is 15.7. The van der Waals surface area contributed by atoms with E-state index in [1.54, 1.807) is 28.9 Å². The van der Waals surface area contributed by atoms with Crippen molar-refractivity contribution in [1.82, 2.24) is 15.1 Å². The molecule has 0 fully saturated rings. The molecule has 0 aliphatic rings. The smallest absolute Gasteiger partial charge is 0.224 e. The molecule has 7 heteroatoms. The van der Waals surface area contributed by atoms with Gasteiger partial charge in [-0.3, -0.25) is 4.79 Å². The molecule has 0 spiro atoms. The predicted octanol–water partition coefficient (Wildman–Crippen LogP) is 4.02. The third-order valence-corrected chi connectivity index (χ3v) is 4.59. The number of amides is 1. The van der Waals surface area contributed by atoms with Crippen LogP contribution in [0.5, 0.6) is 5.75 Å². The highest BCUT2D eigenvalue weighted by molar-refractivity contribution is 6.30. The molecular formula is C21H21ClFN3O2. The van der Waals surface area contributed by atoms with Crippen LogP contribution in [0.15, 0.2) is 48.5 Å². The van der Waals surface area contributed by atoms with Gasteiger partial charge in [0.2, 0.25) is 5.91 Å². The second-order valence-corrected chi connectivity index (χ2v) is 6.81. The molecule has 0 saturated carbocycles. The zero-order valence-corrected chi connectivity index (χ0v) is 16.5. The van der Waals surface area contributed by atoms with Crippen molar-refractivity contribution in [3.05, 3.63) is 76.3 Å². The minimum absolute atomic E-state index is 0.121. The monoisotopic (exact) mass is 401 g/mol.